The van der Waals surface area contributed by atoms with E-state index in [-0.39, 0.29) is 12.0 Å². The average Bonchev–Trinajstić information content (AvgIpc) is 2.59. The van der Waals surface area contributed by atoms with Gasteiger partial charge in [-0.3, -0.25) is 0 Å². The molecule has 0 aromatic heterocycles. The predicted octanol–water partition coefficient (Wildman–Crippen LogP) is 1.85. The fraction of sp³-hybridized carbons (Fsp3) is 0.300. The summed E-state index contributed by atoms with van der Waals surface area (Å²) in [6, 6.07) is 5.27. The van der Waals surface area contributed by atoms with Gasteiger partial charge in [0.25, 0.3) is 0 Å². The van der Waals surface area contributed by atoms with Gasteiger partial charge in [-0.1, -0.05) is 11.6 Å². The highest BCUT2D eigenvalue weighted by Gasteiger charge is 2.27. The Balaban J connectivity index is 2.22. The first-order chi connectivity index (χ1) is 6.70. The molecule has 74 valence electrons. The number of carbonyl (C=O) groups excluding carboxylic acids is 1. The van der Waals surface area contributed by atoms with Crippen LogP contribution in [0.3, 0.4) is 0 Å². The molecule has 14 heavy (non-hydrogen) atoms. The van der Waals surface area contributed by atoms with Crippen LogP contribution in [0, 0.1) is 0 Å². The van der Waals surface area contributed by atoms with E-state index < -0.39 is 0 Å². The fourth-order valence-electron chi connectivity index (χ4n) is 1.62. The molecule has 3 nitrogen and oxygen atoms in total. The quantitative estimate of drug-likeness (QED) is 0.721. The van der Waals surface area contributed by atoms with Crippen molar-refractivity contribution >= 4 is 23.3 Å². The van der Waals surface area contributed by atoms with E-state index >= 15 is 0 Å². The molecular formula is C10H10ClNO2. The Morgan fingerprint density at radius 3 is 3.14 bits per heavy atom. The third-order valence-corrected chi connectivity index (χ3v) is 2.54. The topological polar surface area (TPSA) is 38.3 Å². The molecule has 2 rings (SSSR count). The second kappa shape index (κ2) is 3.50. The van der Waals surface area contributed by atoms with E-state index in [1.54, 1.807) is 6.07 Å². The number of benzene rings is 1. The lowest BCUT2D eigenvalue weighted by Gasteiger charge is -2.07. The van der Waals surface area contributed by atoms with Crippen LogP contribution in [0.2, 0.25) is 5.02 Å². The Bertz CT molecular complexity index is 378. The molecule has 1 N–H and O–H groups in total. The number of rotatable bonds is 1. The molecule has 1 aliphatic heterocycles. The molecule has 0 saturated carbocycles. The molecule has 1 aromatic carbocycles. The van der Waals surface area contributed by atoms with Crippen LogP contribution in [0.1, 0.15) is 5.56 Å². The smallest absolute Gasteiger partial charge is 0.328 e. The van der Waals surface area contributed by atoms with Gasteiger partial charge in [0.1, 0.15) is 6.04 Å². The summed E-state index contributed by atoms with van der Waals surface area (Å²) in [4.78, 5) is 11.2. The normalized spacial score (nSPS) is 18.6. The van der Waals surface area contributed by atoms with Crippen LogP contribution < -0.4 is 5.32 Å². The van der Waals surface area contributed by atoms with Crippen molar-refractivity contribution in [1.82, 2.24) is 0 Å². The molecule has 1 aromatic rings. The number of anilines is 1. The summed E-state index contributed by atoms with van der Waals surface area (Å²) in [5, 5.41) is 3.77. The van der Waals surface area contributed by atoms with Gasteiger partial charge >= 0.3 is 5.97 Å². The summed E-state index contributed by atoms with van der Waals surface area (Å²) < 4.78 is 4.66. The minimum Gasteiger partial charge on any atom is -0.467 e. The maximum absolute atomic E-state index is 11.2. The van der Waals surface area contributed by atoms with Crippen molar-refractivity contribution in [3.05, 3.63) is 28.8 Å². The third kappa shape index (κ3) is 1.55. The lowest BCUT2D eigenvalue weighted by molar-refractivity contribution is -0.141. The van der Waals surface area contributed by atoms with Crippen LogP contribution in [0.4, 0.5) is 5.69 Å². The summed E-state index contributed by atoms with van der Waals surface area (Å²) in [5.74, 6) is -0.239. The maximum atomic E-state index is 11.2. The molecule has 4 heteroatoms. The summed E-state index contributed by atoms with van der Waals surface area (Å²) in [7, 11) is 1.39. The lowest BCUT2D eigenvalue weighted by Crippen LogP contribution is -2.27. The first-order valence-corrected chi connectivity index (χ1v) is 4.71. The van der Waals surface area contributed by atoms with Gasteiger partial charge in [0.15, 0.2) is 0 Å². The first kappa shape index (κ1) is 9.34. The zero-order chi connectivity index (χ0) is 10.1. The monoisotopic (exact) mass is 211 g/mol. The van der Waals surface area contributed by atoms with Crippen molar-refractivity contribution in [3.63, 3.8) is 0 Å². The van der Waals surface area contributed by atoms with Gasteiger partial charge in [-0.05, 0) is 23.8 Å². The van der Waals surface area contributed by atoms with E-state index in [2.05, 4.69) is 10.1 Å². The van der Waals surface area contributed by atoms with Crippen molar-refractivity contribution in [2.45, 2.75) is 12.5 Å². The zero-order valence-corrected chi connectivity index (χ0v) is 8.47. The molecule has 0 unspecified atom stereocenters. The summed E-state index contributed by atoms with van der Waals surface area (Å²) >= 11 is 5.84. The van der Waals surface area contributed by atoms with E-state index in [1.807, 2.05) is 12.1 Å². The van der Waals surface area contributed by atoms with Gasteiger partial charge in [0.2, 0.25) is 0 Å². The summed E-state index contributed by atoms with van der Waals surface area (Å²) in [5.41, 5.74) is 2.03. The molecule has 0 spiro atoms. The fourth-order valence-corrected chi connectivity index (χ4v) is 1.81. The van der Waals surface area contributed by atoms with Crippen LogP contribution in [-0.2, 0) is 16.0 Å². The minimum absolute atomic E-state index is 0.239. The number of carbonyl (C=O) groups is 1. The van der Waals surface area contributed by atoms with Crippen molar-refractivity contribution in [2.75, 3.05) is 12.4 Å². The number of hydrogen-bond acceptors (Lipinski definition) is 3. The van der Waals surface area contributed by atoms with E-state index in [0.29, 0.717) is 11.4 Å². The number of nitrogens with one attached hydrogen (secondary N) is 1. The summed E-state index contributed by atoms with van der Waals surface area (Å²) in [6.45, 7) is 0. The Morgan fingerprint density at radius 1 is 1.64 bits per heavy atom. The molecule has 1 atom stereocenters. The largest absolute Gasteiger partial charge is 0.467 e. The van der Waals surface area contributed by atoms with E-state index in [4.69, 9.17) is 11.6 Å². The number of halogens is 1. The van der Waals surface area contributed by atoms with Crippen molar-refractivity contribution < 1.29 is 9.53 Å². The molecule has 1 heterocycles. The van der Waals surface area contributed by atoms with Crippen LogP contribution >= 0.6 is 11.6 Å². The molecule has 0 bridgehead atoms. The molecule has 0 saturated heterocycles. The Labute approximate surface area is 87.0 Å². The van der Waals surface area contributed by atoms with E-state index in [9.17, 15) is 4.79 Å². The highest BCUT2D eigenvalue weighted by atomic mass is 35.5. The summed E-state index contributed by atoms with van der Waals surface area (Å²) in [6.07, 6.45) is 0.641. The molecule has 0 amide bonds. The van der Waals surface area contributed by atoms with Crippen molar-refractivity contribution in [2.24, 2.45) is 0 Å². The highest BCUT2D eigenvalue weighted by molar-refractivity contribution is 6.30. The molecule has 0 radical (unpaired) electrons. The van der Waals surface area contributed by atoms with Crippen LogP contribution in [0.5, 0.6) is 0 Å². The van der Waals surface area contributed by atoms with Crippen molar-refractivity contribution in [1.29, 1.82) is 0 Å². The SMILES string of the molecule is COC(=O)[C@H]1Cc2cc(Cl)ccc2N1. The van der Waals surface area contributed by atoms with Crippen molar-refractivity contribution in [3.8, 4) is 0 Å². The first-order valence-electron chi connectivity index (χ1n) is 4.33. The van der Waals surface area contributed by atoms with Gasteiger partial charge < -0.3 is 10.1 Å². The third-order valence-electron chi connectivity index (χ3n) is 2.31. The van der Waals surface area contributed by atoms with Crippen LogP contribution in [0.15, 0.2) is 18.2 Å². The molecular weight excluding hydrogens is 202 g/mol. The Morgan fingerprint density at radius 2 is 2.43 bits per heavy atom. The molecule has 0 aliphatic carbocycles. The molecule has 1 aliphatic rings. The number of hydrogen-bond donors (Lipinski definition) is 1. The second-order valence-corrected chi connectivity index (χ2v) is 3.66. The van der Waals surface area contributed by atoms with E-state index in [1.165, 1.54) is 7.11 Å². The average molecular weight is 212 g/mol. The second-order valence-electron chi connectivity index (χ2n) is 3.23. The van der Waals surface area contributed by atoms with Gasteiger partial charge in [0.05, 0.1) is 7.11 Å². The number of ether oxygens (including phenoxy) is 1. The Hall–Kier alpha value is -1.22. The van der Waals surface area contributed by atoms with Crippen LogP contribution in [0.25, 0.3) is 0 Å². The van der Waals surface area contributed by atoms with Gasteiger partial charge in [-0.25, -0.2) is 4.79 Å². The predicted molar refractivity (Wildman–Crippen MR) is 54.6 cm³/mol. The molecule has 0 fully saturated rings. The minimum atomic E-state index is -0.270. The highest BCUT2D eigenvalue weighted by Crippen LogP contribution is 2.28. The van der Waals surface area contributed by atoms with E-state index in [0.717, 1.165) is 11.3 Å². The number of methoxy groups -OCH3 is 1. The van der Waals surface area contributed by atoms with Gasteiger partial charge in [-0.2, -0.15) is 0 Å². The zero-order valence-electron chi connectivity index (χ0n) is 7.71. The lowest BCUT2D eigenvalue weighted by atomic mass is 10.1. The van der Waals surface area contributed by atoms with Gasteiger partial charge in [0, 0.05) is 17.1 Å². The standard InChI is InChI=1S/C10H10ClNO2/c1-14-10(13)9-5-6-4-7(11)2-3-8(6)12-9/h2-4,9,12H,5H2,1H3/t9-/m1/s1. The van der Waals surface area contributed by atoms with Gasteiger partial charge in [-0.15, -0.1) is 0 Å². The maximum Gasteiger partial charge on any atom is 0.328 e. The number of fused-ring (bicyclic) bond motifs is 1. The number of esters is 1. The Kier molecular flexibility index (Phi) is 2.33. The van der Waals surface area contributed by atoms with Crippen LogP contribution in [-0.4, -0.2) is 19.1 Å².